The van der Waals surface area contributed by atoms with E-state index in [0.717, 1.165) is 62.1 Å². The SMILES string of the molecule is O=C(NCCN1CCC2(CC1)CNCN2c1cccc(F)c1)c1ccc2ccccc2c1. The summed E-state index contributed by atoms with van der Waals surface area (Å²) in [5.41, 5.74) is 1.69. The summed E-state index contributed by atoms with van der Waals surface area (Å²) in [4.78, 5) is 17.3. The zero-order valence-electron chi connectivity index (χ0n) is 18.2. The van der Waals surface area contributed by atoms with Gasteiger partial charge in [-0.05, 0) is 53.9 Å². The van der Waals surface area contributed by atoms with Gasteiger partial charge in [0.1, 0.15) is 5.82 Å². The average molecular weight is 433 g/mol. The summed E-state index contributed by atoms with van der Waals surface area (Å²) in [6, 6.07) is 20.8. The second kappa shape index (κ2) is 8.88. The average Bonchev–Trinajstić information content (AvgIpc) is 3.23. The van der Waals surface area contributed by atoms with Crippen molar-refractivity contribution in [1.29, 1.82) is 0 Å². The van der Waals surface area contributed by atoms with Crippen LogP contribution in [0.1, 0.15) is 23.2 Å². The van der Waals surface area contributed by atoms with E-state index >= 15 is 0 Å². The van der Waals surface area contributed by atoms with Crippen LogP contribution in [0.2, 0.25) is 0 Å². The molecule has 0 radical (unpaired) electrons. The van der Waals surface area contributed by atoms with Gasteiger partial charge in [0.25, 0.3) is 5.91 Å². The zero-order chi connectivity index (χ0) is 22.0. The molecule has 0 unspecified atom stereocenters. The summed E-state index contributed by atoms with van der Waals surface area (Å²) in [6.07, 6.45) is 2.05. The lowest BCUT2D eigenvalue weighted by Gasteiger charge is -2.45. The van der Waals surface area contributed by atoms with Crippen LogP contribution in [-0.2, 0) is 0 Å². The van der Waals surface area contributed by atoms with Crippen molar-refractivity contribution >= 4 is 22.4 Å². The Hall–Kier alpha value is -2.96. The van der Waals surface area contributed by atoms with Crippen LogP contribution in [0.15, 0.2) is 66.7 Å². The number of rotatable bonds is 5. The monoisotopic (exact) mass is 432 g/mol. The highest BCUT2D eigenvalue weighted by Crippen LogP contribution is 2.35. The van der Waals surface area contributed by atoms with E-state index in [9.17, 15) is 9.18 Å². The molecule has 3 aromatic rings. The van der Waals surface area contributed by atoms with E-state index in [4.69, 9.17) is 0 Å². The van der Waals surface area contributed by atoms with Crippen molar-refractivity contribution in [3.05, 3.63) is 78.1 Å². The molecule has 6 heteroatoms. The van der Waals surface area contributed by atoms with Crippen LogP contribution >= 0.6 is 0 Å². The predicted molar refractivity (Wildman–Crippen MR) is 126 cm³/mol. The molecule has 166 valence electrons. The van der Waals surface area contributed by atoms with Gasteiger partial charge in [-0.2, -0.15) is 0 Å². The third-order valence-corrected chi connectivity index (χ3v) is 6.93. The molecule has 2 saturated heterocycles. The minimum atomic E-state index is -0.191. The molecule has 32 heavy (non-hydrogen) atoms. The third-order valence-electron chi connectivity index (χ3n) is 6.93. The maximum Gasteiger partial charge on any atom is 0.251 e. The van der Waals surface area contributed by atoms with Gasteiger partial charge >= 0.3 is 0 Å². The normalized spacial score (nSPS) is 18.3. The van der Waals surface area contributed by atoms with Crippen LogP contribution in [0.4, 0.5) is 10.1 Å². The van der Waals surface area contributed by atoms with Crippen molar-refractivity contribution in [3.8, 4) is 0 Å². The first-order chi connectivity index (χ1) is 15.6. The number of hydrogen-bond donors (Lipinski definition) is 2. The van der Waals surface area contributed by atoms with Crippen molar-refractivity contribution in [2.45, 2.75) is 18.4 Å². The van der Waals surface area contributed by atoms with Crippen molar-refractivity contribution < 1.29 is 9.18 Å². The molecule has 2 aliphatic heterocycles. The molecule has 2 fully saturated rings. The number of nitrogens with zero attached hydrogens (tertiary/aromatic N) is 2. The summed E-state index contributed by atoms with van der Waals surface area (Å²) in [5, 5.41) is 8.77. The van der Waals surface area contributed by atoms with Gasteiger partial charge in [0.15, 0.2) is 0 Å². The van der Waals surface area contributed by atoms with Gasteiger partial charge in [0.05, 0.1) is 12.2 Å². The number of hydrogen-bond acceptors (Lipinski definition) is 4. The Balaban J connectivity index is 1.14. The first kappa shape index (κ1) is 20.9. The number of piperidine rings is 1. The van der Waals surface area contributed by atoms with Gasteiger partial charge in [-0.25, -0.2) is 4.39 Å². The standard InChI is InChI=1S/C26H29FN4O/c27-23-6-3-7-24(17-23)31-19-28-18-26(31)10-13-30(14-11-26)15-12-29-25(32)22-9-8-20-4-1-2-5-21(20)16-22/h1-9,16-17,28H,10-15,18-19H2,(H,29,32). The van der Waals surface area contributed by atoms with E-state index in [2.05, 4.69) is 26.5 Å². The number of fused-ring (bicyclic) bond motifs is 1. The van der Waals surface area contributed by atoms with Gasteiger partial charge in [-0.3, -0.25) is 10.1 Å². The number of carbonyl (C=O) groups is 1. The fraction of sp³-hybridized carbons (Fsp3) is 0.346. The Morgan fingerprint density at radius 1 is 1.00 bits per heavy atom. The number of halogens is 1. The van der Waals surface area contributed by atoms with Gasteiger partial charge in [-0.1, -0.05) is 36.4 Å². The van der Waals surface area contributed by atoms with Crippen LogP contribution in [0.3, 0.4) is 0 Å². The lowest BCUT2D eigenvalue weighted by molar-refractivity contribution is 0.0942. The summed E-state index contributed by atoms with van der Waals surface area (Å²) >= 11 is 0. The molecular formula is C26H29FN4O. The Bertz CT molecular complexity index is 1110. The second-order valence-corrected chi connectivity index (χ2v) is 8.88. The van der Waals surface area contributed by atoms with Crippen LogP contribution in [0.25, 0.3) is 10.8 Å². The van der Waals surface area contributed by atoms with Gasteiger partial charge in [-0.15, -0.1) is 0 Å². The minimum absolute atomic E-state index is 0.0264. The largest absolute Gasteiger partial charge is 0.352 e. The number of nitrogens with one attached hydrogen (secondary N) is 2. The van der Waals surface area contributed by atoms with E-state index in [1.165, 1.54) is 6.07 Å². The van der Waals surface area contributed by atoms with E-state index in [1.807, 2.05) is 42.5 Å². The number of likely N-dealkylation sites (tertiary alicyclic amines) is 1. The first-order valence-corrected chi connectivity index (χ1v) is 11.4. The van der Waals surface area contributed by atoms with E-state index in [0.29, 0.717) is 12.1 Å². The third kappa shape index (κ3) is 4.20. The molecule has 2 heterocycles. The van der Waals surface area contributed by atoms with E-state index < -0.39 is 0 Å². The lowest BCUT2D eigenvalue weighted by atomic mass is 9.86. The van der Waals surface area contributed by atoms with Crippen LogP contribution in [-0.4, -0.2) is 55.7 Å². The molecule has 3 aromatic carbocycles. The molecule has 0 aliphatic carbocycles. The Labute approximate surface area is 188 Å². The molecule has 5 rings (SSSR count). The molecule has 1 amide bonds. The number of amides is 1. The van der Waals surface area contributed by atoms with Crippen molar-refractivity contribution in [2.24, 2.45) is 0 Å². The maximum atomic E-state index is 13.8. The number of anilines is 1. The highest BCUT2D eigenvalue weighted by molar-refractivity contribution is 5.98. The molecule has 2 aliphatic rings. The van der Waals surface area contributed by atoms with Gasteiger partial charge in [0, 0.05) is 44.0 Å². The molecule has 5 nitrogen and oxygen atoms in total. The summed E-state index contributed by atoms with van der Waals surface area (Å²) in [5.74, 6) is -0.217. The molecule has 0 bridgehead atoms. The summed E-state index contributed by atoms with van der Waals surface area (Å²) in [7, 11) is 0. The summed E-state index contributed by atoms with van der Waals surface area (Å²) < 4.78 is 13.8. The maximum absolute atomic E-state index is 13.8. The lowest BCUT2D eigenvalue weighted by Crippen LogP contribution is -2.54. The highest BCUT2D eigenvalue weighted by atomic mass is 19.1. The number of benzene rings is 3. The summed E-state index contributed by atoms with van der Waals surface area (Å²) in [6.45, 7) is 5.09. The quantitative estimate of drug-likeness (QED) is 0.647. The van der Waals surface area contributed by atoms with Crippen molar-refractivity contribution in [2.75, 3.05) is 44.3 Å². The predicted octanol–water partition coefficient (Wildman–Crippen LogP) is 3.61. The van der Waals surface area contributed by atoms with Crippen molar-refractivity contribution in [3.63, 3.8) is 0 Å². The minimum Gasteiger partial charge on any atom is -0.352 e. The second-order valence-electron chi connectivity index (χ2n) is 8.88. The molecule has 0 aromatic heterocycles. The smallest absolute Gasteiger partial charge is 0.251 e. The fourth-order valence-electron chi connectivity index (χ4n) is 5.07. The van der Waals surface area contributed by atoms with Crippen LogP contribution in [0.5, 0.6) is 0 Å². The topological polar surface area (TPSA) is 47.6 Å². The van der Waals surface area contributed by atoms with E-state index in [1.54, 1.807) is 12.1 Å². The van der Waals surface area contributed by atoms with Crippen LogP contribution < -0.4 is 15.5 Å². The Morgan fingerprint density at radius 2 is 1.81 bits per heavy atom. The first-order valence-electron chi connectivity index (χ1n) is 11.4. The van der Waals surface area contributed by atoms with Gasteiger partial charge in [0.2, 0.25) is 0 Å². The van der Waals surface area contributed by atoms with Crippen molar-refractivity contribution in [1.82, 2.24) is 15.5 Å². The van der Waals surface area contributed by atoms with Gasteiger partial charge < -0.3 is 15.1 Å². The van der Waals surface area contributed by atoms with E-state index in [-0.39, 0.29) is 17.3 Å². The molecule has 0 saturated carbocycles. The highest BCUT2D eigenvalue weighted by Gasteiger charge is 2.43. The zero-order valence-corrected chi connectivity index (χ0v) is 18.2. The molecule has 0 atom stereocenters. The Morgan fingerprint density at radius 3 is 2.62 bits per heavy atom. The molecular weight excluding hydrogens is 403 g/mol. The Kier molecular flexibility index (Phi) is 5.81. The molecule has 2 N–H and O–H groups in total. The molecule has 1 spiro atoms. The fourth-order valence-corrected chi connectivity index (χ4v) is 5.07. The number of carbonyl (C=O) groups excluding carboxylic acids is 1. The van der Waals surface area contributed by atoms with Crippen LogP contribution in [0, 0.1) is 5.82 Å².